The minimum atomic E-state index is -0.712. The summed E-state index contributed by atoms with van der Waals surface area (Å²) in [4.78, 5) is 16.7. The lowest BCUT2D eigenvalue weighted by molar-refractivity contribution is -0.00794. The Kier molecular flexibility index (Phi) is 8.39. The second kappa shape index (κ2) is 10.5. The normalized spacial score (nSPS) is 11.2. The summed E-state index contributed by atoms with van der Waals surface area (Å²) in [5, 5.41) is -0.191. The molecule has 0 N–H and O–H groups in total. The first-order valence-electron chi connectivity index (χ1n) is 7.73. The van der Waals surface area contributed by atoms with E-state index in [1.165, 1.54) is 17.0 Å². The standard InChI is InChI=1S/C16H20BrFN2O6/c1-22-3-5-24-9-20-8-19-15-12(26-10-25-6-4-23-2)7-11(17)14(18)13(15)16(20)21/h7-8H,3-6,9-10H2,1-2H3. The molecular formula is C16H20BrFN2O6. The molecule has 0 fully saturated rings. The van der Waals surface area contributed by atoms with Crippen molar-refractivity contribution < 1.29 is 28.1 Å². The number of nitrogens with zero attached hydrogens (tertiary/aromatic N) is 2. The van der Waals surface area contributed by atoms with E-state index < -0.39 is 11.4 Å². The molecule has 2 rings (SSSR count). The molecule has 26 heavy (non-hydrogen) atoms. The summed E-state index contributed by atoms with van der Waals surface area (Å²) in [6.45, 7) is 1.31. The lowest BCUT2D eigenvalue weighted by Gasteiger charge is -2.12. The quantitative estimate of drug-likeness (QED) is 0.394. The number of halogens is 2. The van der Waals surface area contributed by atoms with Crippen LogP contribution in [0.15, 0.2) is 21.7 Å². The molecule has 10 heteroatoms. The van der Waals surface area contributed by atoms with Crippen molar-refractivity contribution in [1.82, 2.24) is 9.55 Å². The van der Waals surface area contributed by atoms with Gasteiger partial charge in [0.1, 0.15) is 29.7 Å². The van der Waals surface area contributed by atoms with Gasteiger partial charge in [-0.2, -0.15) is 0 Å². The first kappa shape index (κ1) is 20.7. The van der Waals surface area contributed by atoms with Crippen LogP contribution in [-0.4, -0.2) is 57.0 Å². The van der Waals surface area contributed by atoms with E-state index in [-0.39, 0.29) is 34.6 Å². The molecule has 1 aromatic heterocycles. The Bertz CT molecular complexity index is 785. The molecule has 0 saturated carbocycles. The van der Waals surface area contributed by atoms with Crippen LogP contribution in [0.2, 0.25) is 0 Å². The maximum atomic E-state index is 14.5. The molecule has 0 atom stereocenters. The van der Waals surface area contributed by atoms with E-state index in [4.69, 9.17) is 23.7 Å². The third-order valence-electron chi connectivity index (χ3n) is 3.35. The number of fused-ring (bicyclic) bond motifs is 1. The Balaban J connectivity index is 2.25. The topological polar surface area (TPSA) is 81.0 Å². The summed E-state index contributed by atoms with van der Waals surface area (Å²) in [6.07, 6.45) is 1.28. The van der Waals surface area contributed by atoms with Gasteiger partial charge in [-0.05, 0) is 22.0 Å². The van der Waals surface area contributed by atoms with Crippen LogP contribution in [0.1, 0.15) is 0 Å². The van der Waals surface area contributed by atoms with Crippen molar-refractivity contribution in [3.05, 3.63) is 33.0 Å². The lowest BCUT2D eigenvalue weighted by atomic mass is 10.2. The average Bonchev–Trinajstić information content (AvgIpc) is 2.63. The highest BCUT2D eigenvalue weighted by atomic mass is 79.9. The van der Waals surface area contributed by atoms with E-state index in [0.717, 1.165) is 0 Å². The molecule has 1 heterocycles. The molecule has 1 aromatic carbocycles. The maximum absolute atomic E-state index is 14.5. The van der Waals surface area contributed by atoms with Crippen LogP contribution < -0.4 is 10.3 Å². The summed E-state index contributed by atoms with van der Waals surface area (Å²) in [7, 11) is 3.10. The molecular weight excluding hydrogens is 415 g/mol. The van der Waals surface area contributed by atoms with Gasteiger partial charge >= 0.3 is 0 Å². The zero-order chi connectivity index (χ0) is 18.9. The van der Waals surface area contributed by atoms with Gasteiger partial charge in [0.2, 0.25) is 0 Å². The summed E-state index contributed by atoms with van der Waals surface area (Å²) >= 11 is 3.09. The Morgan fingerprint density at radius 2 is 1.85 bits per heavy atom. The summed E-state index contributed by atoms with van der Waals surface area (Å²) in [5.74, 6) is -0.480. The summed E-state index contributed by atoms with van der Waals surface area (Å²) in [5.41, 5.74) is -0.462. The maximum Gasteiger partial charge on any atom is 0.266 e. The first-order valence-corrected chi connectivity index (χ1v) is 8.52. The van der Waals surface area contributed by atoms with Crippen molar-refractivity contribution in [2.45, 2.75) is 6.73 Å². The molecule has 0 bridgehead atoms. The molecule has 2 aromatic rings. The van der Waals surface area contributed by atoms with E-state index in [0.29, 0.717) is 26.4 Å². The first-order chi connectivity index (χ1) is 12.6. The second-order valence-electron chi connectivity index (χ2n) is 5.11. The zero-order valence-electron chi connectivity index (χ0n) is 14.5. The monoisotopic (exact) mass is 434 g/mol. The SMILES string of the molecule is COCCOCOc1cc(Br)c(F)c2c(=O)n(COCCOC)cnc12. The average molecular weight is 435 g/mol. The van der Waals surface area contributed by atoms with Crippen LogP contribution >= 0.6 is 15.9 Å². The minimum Gasteiger partial charge on any atom is -0.465 e. The smallest absolute Gasteiger partial charge is 0.266 e. The number of hydrogen-bond acceptors (Lipinski definition) is 7. The molecule has 0 spiro atoms. The Hall–Kier alpha value is -1.59. The van der Waals surface area contributed by atoms with Gasteiger partial charge in [0, 0.05) is 14.2 Å². The molecule has 0 aliphatic heterocycles. The van der Waals surface area contributed by atoms with Gasteiger partial charge in [-0.1, -0.05) is 0 Å². The van der Waals surface area contributed by atoms with Gasteiger partial charge in [-0.25, -0.2) is 9.37 Å². The van der Waals surface area contributed by atoms with Crippen LogP contribution in [0.5, 0.6) is 5.75 Å². The van der Waals surface area contributed by atoms with Gasteiger partial charge in [0.25, 0.3) is 5.56 Å². The molecule has 0 aliphatic carbocycles. The molecule has 0 unspecified atom stereocenters. The van der Waals surface area contributed by atoms with E-state index in [2.05, 4.69) is 20.9 Å². The minimum absolute atomic E-state index is 0.0621. The highest BCUT2D eigenvalue weighted by Crippen LogP contribution is 2.30. The fraction of sp³-hybridized carbons (Fsp3) is 0.500. The highest BCUT2D eigenvalue weighted by Gasteiger charge is 2.17. The summed E-state index contributed by atoms with van der Waals surface area (Å²) in [6, 6.07) is 1.41. The number of hydrogen-bond donors (Lipinski definition) is 0. The largest absolute Gasteiger partial charge is 0.465 e. The lowest BCUT2D eigenvalue weighted by Crippen LogP contribution is -2.24. The number of benzene rings is 1. The third kappa shape index (κ3) is 5.21. The van der Waals surface area contributed by atoms with Gasteiger partial charge < -0.3 is 23.7 Å². The van der Waals surface area contributed by atoms with Crippen LogP contribution in [0, 0.1) is 5.82 Å². The number of methoxy groups -OCH3 is 2. The number of aromatic nitrogens is 2. The van der Waals surface area contributed by atoms with Crippen molar-refractivity contribution in [3.8, 4) is 5.75 Å². The Morgan fingerprint density at radius 1 is 1.15 bits per heavy atom. The molecule has 0 amide bonds. The molecule has 0 aliphatic rings. The Morgan fingerprint density at radius 3 is 2.54 bits per heavy atom. The van der Waals surface area contributed by atoms with E-state index in [1.807, 2.05) is 0 Å². The van der Waals surface area contributed by atoms with Crippen molar-refractivity contribution in [2.75, 3.05) is 47.4 Å². The molecule has 0 saturated heterocycles. The fourth-order valence-corrected chi connectivity index (χ4v) is 2.46. The molecule has 8 nitrogen and oxygen atoms in total. The second-order valence-corrected chi connectivity index (χ2v) is 5.96. The van der Waals surface area contributed by atoms with Gasteiger partial charge in [0.15, 0.2) is 12.6 Å². The van der Waals surface area contributed by atoms with Crippen molar-refractivity contribution >= 4 is 26.8 Å². The fourth-order valence-electron chi connectivity index (χ4n) is 2.05. The van der Waals surface area contributed by atoms with E-state index >= 15 is 0 Å². The predicted molar refractivity (Wildman–Crippen MR) is 94.8 cm³/mol. The molecule has 144 valence electrons. The van der Waals surface area contributed by atoms with Gasteiger partial charge in [-0.15, -0.1) is 0 Å². The third-order valence-corrected chi connectivity index (χ3v) is 3.93. The predicted octanol–water partition coefficient (Wildman–Crippen LogP) is 1.92. The number of rotatable bonds is 11. The van der Waals surface area contributed by atoms with Crippen molar-refractivity contribution in [1.29, 1.82) is 0 Å². The van der Waals surface area contributed by atoms with Crippen LogP contribution in [0.25, 0.3) is 10.9 Å². The number of ether oxygens (including phenoxy) is 5. The van der Waals surface area contributed by atoms with E-state index in [9.17, 15) is 9.18 Å². The summed E-state index contributed by atoms with van der Waals surface area (Å²) < 4.78 is 41.5. The molecule has 0 radical (unpaired) electrons. The van der Waals surface area contributed by atoms with Crippen molar-refractivity contribution in [3.63, 3.8) is 0 Å². The van der Waals surface area contributed by atoms with Crippen LogP contribution in [0.3, 0.4) is 0 Å². The van der Waals surface area contributed by atoms with Crippen LogP contribution in [-0.2, 0) is 25.7 Å². The van der Waals surface area contributed by atoms with Gasteiger partial charge in [0.05, 0.1) is 30.9 Å². The highest BCUT2D eigenvalue weighted by molar-refractivity contribution is 9.10. The Labute approximate surface area is 157 Å². The van der Waals surface area contributed by atoms with E-state index in [1.54, 1.807) is 14.2 Å². The van der Waals surface area contributed by atoms with Crippen molar-refractivity contribution in [2.24, 2.45) is 0 Å². The van der Waals surface area contributed by atoms with Crippen LogP contribution in [0.4, 0.5) is 4.39 Å². The van der Waals surface area contributed by atoms with Gasteiger partial charge in [-0.3, -0.25) is 9.36 Å². The zero-order valence-corrected chi connectivity index (χ0v) is 16.1.